The number of hydrogen-bond donors (Lipinski definition) is 2. The summed E-state index contributed by atoms with van der Waals surface area (Å²) < 4.78 is 13.0. The Bertz CT molecular complexity index is 395. The number of benzene rings is 1. The minimum Gasteiger partial charge on any atom is -0.355 e. The van der Waals surface area contributed by atoms with Gasteiger partial charge in [-0.15, -0.1) is 0 Å². The number of carbonyl (C=O) groups excluding carboxylic acids is 1. The third-order valence-corrected chi connectivity index (χ3v) is 2.88. The highest BCUT2D eigenvalue weighted by Crippen LogP contribution is 2.12. The minimum atomic E-state index is -0.222. The Hall–Kier alpha value is -1.42. The molecule has 0 aliphatic rings. The SMILES string of the molecule is CCNCCNC(=O)CC(C)Cc1cccc(F)c1. The van der Waals surface area contributed by atoms with Crippen LogP contribution in [0, 0.1) is 11.7 Å². The molecule has 1 rings (SSSR count). The second-order valence-electron chi connectivity index (χ2n) is 4.85. The predicted octanol–water partition coefficient (Wildman–Crippen LogP) is 2.12. The fourth-order valence-corrected chi connectivity index (χ4v) is 1.99. The number of amides is 1. The number of hydrogen-bond acceptors (Lipinski definition) is 2. The molecule has 106 valence electrons. The summed E-state index contributed by atoms with van der Waals surface area (Å²) in [5.41, 5.74) is 0.938. The van der Waals surface area contributed by atoms with E-state index in [2.05, 4.69) is 10.6 Å². The summed E-state index contributed by atoms with van der Waals surface area (Å²) in [6, 6.07) is 6.55. The Balaban J connectivity index is 2.26. The molecule has 0 saturated heterocycles. The summed E-state index contributed by atoms with van der Waals surface area (Å²) in [7, 11) is 0. The van der Waals surface area contributed by atoms with Crippen LogP contribution >= 0.6 is 0 Å². The van der Waals surface area contributed by atoms with Crippen LogP contribution in [-0.4, -0.2) is 25.5 Å². The van der Waals surface area contributed by atoms with Crippen molar-refractivity contribution in [2.75, 3.05) is 19.6 Å². The Kier molecular flexibility index (Phi) is 7.11. The summed E-state index contributed by atoms with van der Waals surface area (Å²) in [6.45, 7) is 6.39. The van der Waals surface area contributed by atoms with Crippen molar-refractivity contribution < 1.29 is 9.18 Å². The van der Waals surface area contributed by atoms with Crippen LogP contribution in [0.3, 0.4) is 0 Å². The van der Waals surface area contributed by atoms with Crippen molar-refractivity contribution in [3.05, 3.63) is 35.6 Å². The monoisotopic (exact) mass is 266 g/mol. The summed E-state index contributed by atoms with van der Waals surface area (Å²) >= 11 is 0. The fourth-order valence-electron chi connectivity index (χ4n) is 1.99. The quantitative estimate of drug-likeness (QED) is 0.708. The van der Waals surface area contributed by atoms with E-state index in [4.69, 9.17) is 0 Å². The van der Waals surface area contributed by atoms with Gasteiger partial charge in [-0.2, -0.15) is 0 Å². The molecule has 1 unspecified atom stereocenters. The van der Waals surface area contributed by atoms with E-state index >= 15 is 0 Å². The van der Waals surface area contributed by atoms with E-state index in [1.165, 1.54) is 12.1 Å². The lowest BCUT2D eigenvalue weighted by atomic mass is 9.98. The molecule has 1 amide bonds. The molecule has 0 heterocycles. The Morgan fingerprint density at radius 1 is 1.37 bits per heavy atom. The maximum atomic E-state index is 13.0. The molecule has 0 fully saturated rings. The third-order valence-electron chi connectivity index (χ3n) is 2.88. The van der Waals surface area contributed by atoms with Crippen molar-refractivity contribution in [1.82, 2.24) is 10.6 Å². The van der Waals surface area contributed by atoms with E-state index in [9.17, 15) is 9.18 Å². The summed E-state index contributed by atoms with van der Waals surface area (Å²) in [4.78, 5) is 11.7. The molecule has 0 radical (unpaired) electrons. The highest BCUT2D eigenvalue weighted by molar-refractivity contribution is 5.76. The molecule has 2 N–H and O–H groups in total. The molecule has 0 saturated carbocycles. The van der Waals surface area contributed by atoms with E-state index < -0.39 is 0 Å². The first-order valence-electron chi connectivity index (χ1n) is 6.83. The van der Waals surface area contributed by atoms with Crippen LogP contribution in [0.25, 0.3) is 0 Å². The van der Waals surface area contributed by atoms with Gasteiger partial charge in [0.15, 0.2) is 0 Å². The van der Waals surface area contributed by atoms with Crippen molar-refractivity contribution in [2.45, 2.75) is 26.7 Å². The summed E-state index contributed by atoms with van der Waals surface area (Å²) in [6.07, 6.45) is 1.20. The van der Waals surface area contributed by atoms with Gasteiger partial charge in [0.05, 0.1) is 0 Å². The second-order valence-corrected chi connectivity index (χ2v) is 4.85. The molecule has 0 spiro atoms. The predicted molar refractivity (Wildman–Crippen MR) is 75.4 cm³/mol. The minimum absolute atomic E-state index is 0.0572. The van der Waals surface area contributed by atoms with Gasteiger partial charge in [0.1, 0.15) is 5.82 Å². The van der Waals surface area contributed by atoms with Crippen molar-refractivity contribution in [2.24, 2.45) is 5.92 Å². The maximum Gasteiger partial charge on any atom is 0.220 e. The maximum absolute atomic E-state index is 13.0. The van der Waals surface area contributed by atoms with Crippen LogP contribution in [0.5, 0.6) is 0 Å². The molecule has 19 heavy (non-hydrogen) atoms. The van der Waals surface area contributed by atoms with Crippen LogP contribution in [-0.2, 0) is 11.2 Å². The van der Waals surface area contributed by atoms with Crippen molar-refractivity contribution in [3.8, 4) is 0 Å². The van der Waals surface area contributed by atoms with Gasteiger partial charge >= 0.3 is 0 Å². The first-order valence-corrected chi connectivity index (χ1v) is 6.83. The van der Waals surface area contributed by atoms with Gasteiger partial charge in [-0.3, -0.25) is 4.79 Å². The largest absolute Gasteiger partial charge is 0.355 e. The number of nitrogens with one attached hydrogen (secondary N) is 2. The van der Waals surface area contributed by atoms with Gasteiger partial charge in [-0.05, 0) is 36.6 Å². The highest BCUT2D eigenvalue weighted by atomic mass is 19.1. The Morgan fingerprint density at radius 2 is 2.16 bits per heavy atom. The average molecular weight is 266 g/mol. The topological polar surface area (TPSA) is 41.1 Å². The van der Waals surface area contributed by atoms with Crippen molar-refractivity contribution in [1.29, 1.82) is 0 Å². The van der Waals surface area contributed by atoms with E-state index in [1.807, 2.05) is 19.9 Å². The molecule has 0 aliphatic heterocycles. The molecule has 0 aliphatic carbocycles. The number of halogens is 1. The molecule has 1 aromatic rings. The zero-order valence-electron chi connectivity index (χ0n) is 11.7. The average Bonchev–Trinajstić information content (AvgIpc) is 2.34. The smallest absolute Gasteiger partial charge is 0.220 e. The van der Waals surface area contributed by atoms with Gasteiger partial charge < -0.3 is 10.6 Å². The van der Waals surface area contributed by atoms with Crippen LogP contribution in [0.1, 0.15) is 25.8 Å². The first-order chi connectivity index (χ1) is 9.11. The normalized spacial score (nSPS) is 12.2. The van der Waals surface area contributed by atoms with Gasteiger partial charge in [-0.1, -0.05) is 26.0 Å². The highest BCUT2D eigenvalue weighted by Gasteiger charge is 2.09. The number of carbonyl (C=O) groups is 1. The number of rotatable bonds is 8. The van der Waals surface area contributed by atoms with E-state index in [0.717, 1.165) is 25.1 Å². The lowest BCUT2D eigenvalue weighted by Gasteiger charge is -2.12. The van der Waals surface area contributed by atoms with Crippen LogP contribution < -0.4 is 10.6 Å². The van der Waals surface area contributed by atoms with Crippen LogP contribution in [0.2, 0.25) is 0 Å². The Morgan fingerprint density at radius 3 is 2.84 bits per heavy atom. The van der Waals surface area contributed by atoms with E-state index in [-0.39, 0.29) is 17.6 Å². The number of likely N-dealkylation sites (N-methyl/N-ethyl adjacent to an activating group) is 1. The van der Waals surface area contributed by atoms with Gasteiger partial charge in [0.2, 0.25) is 5.91 Å². The molecular formula is C15H23FN2O. The first kappa shape index (κ1) is 15.6. The molecule has 4 heteroatoms. The van der Waals surface area contributed by atoms with Crippen LogP contribution in [0.15, 0.2) is 24.3 Å². The molecule has 1 atom stereocenters. The van der Waals surface area contributed by atoms with Gasteiger partial charge in [-0.25, -0.2) is 4.39 Å². The lowest BCUT2D eigenvalue weighted by molar-refractivity contribution is -0.121. The summed E-state index contributed by atoms with van der Waals surface area (Å²) in [5, 5.41) is 6.02. The fraction of sp³-hybridized carbons (Fsp3) is 0.533. The zero-order chi connectivity index (χ0) is 14.1. The van der Waals surface area contributed by atoms with E-state index in [0.29, 0.717) is 13.0 Å². The lowest BCUT2D eigenvalue weighted by Crippen LogP contribution is -2.32. The van der Waals surface area contributed by atoms with Gasteiger partial charge in [0, 0.05) is 19.5 Å². The standard InChI is InChI=1S/C15H23FN2O/c1-3-17-7-8-18-15(19)10-12(2)9-13-5-4-6-14(16)11-13/h4-6,11-12,17H,3,7-10H2,1-2H3,(H,18,19). The molecule has 0 aromatic heterocycles. The van der Waals surface area contributed by atoms with Gasteiger partial charge in [0.25, 0.3) is 0 Å². The molecule has 0 bridgehead atoms. The van der Waals surface area contributed by atoms with E-state index in [1.54, 1.807) is 6.07 Å². The summed E-state index contributed by atoms with van der Waals surface area (Å²) in [5.74, 6) is 0.0440. The van der Waals surface area contributed by atoms with Crippen molar-refractivity contribution in [3.63, 3.8) is 0 Å². The third kappa shape index (κ3) is 6.91. The molecule has 3 nitrogen and oxygen atoms in total. The zero-order valence-corrected chi connectivity index (χ0v) is 11.7. The molecule has 1 aromatic carbocycles. The van der Waals surface area contributed by atoms with Crippen molar-refractivity contribution >= 4 is 5.91 Å². The second kappa shape index (κ2) is 8.64. The Labute approximate surface area is 114 Å². The van der Waals surface area contributed by atoms with Crippen LogP contribution in [0.4, 0.5) is 4.39 Å². The molecular weight excluding hydrogens is 243 g/mol.